The zero-order chi connectivity index (χ0) is 11.2. The van der Waals surface area contributed by atoms with Crippen molar-refractivity contribution in [3.05, 3.63) is 0 Å². The van der Waals surface area contributed by atoms with Gasteiger partial charge in [0.05, 0.1) is 7.11 Å². The van der Waals surface area contributed by atoms with Crippen molar-refractivity contribution >= 4 is 5.97 Å². The first-order chi connectivity index (χ1) is 6.44. The van der Waals surface area contributed by atoms with Gasteiger partial charge in [-0.3, -0.25) is 0 Å². The molecule has 5 heteroatoms. The summed E-state index contributed by atoms with van der Waals surface area (Å²) in [4.78, 5) is 11.0. The summed E-state index contributed by atoms with van der Waals surface area (Å²) in [6, 6.07) is 0.0520. The lowest BCUT2D eigenvalue weighted by molar-refractivity contribution is -0.160. The highest BCUT2D eigenvalue weighted by Crippen LogP contribution is 2.04. The smallest absolute Gasteiger partial charge is 0.338 e. The second-order valence-corrected chi connectivity index (χ2v) is 3.56. The summed E-state index contributed by atoms with van der Waals surface area (Å²) in [5, 5.41) is 21.2. The van der Waals surface area contributed by atoms with E-state index in [1.807, 2.05) is 6.92 Å². The monoisotopic (exact) mass is 205 g/mol. The molecule has 0 spiro atoms. The van der Waals surface area contributed by atoms with Crippen LogP contribution in [0.3, 0.4) is 0 Å². The molecule has 0 aromatic rings. The van der Waals surface area contributed by atoms with E-state index in [-0.39, 0.29) is 19.2 Å². The molecule has 0 aromatic heterocycles. The molecule has 0 amide bonds. The van der Waals surface area contributed by atoms with Gasteiger partial charge in [-0.05, 0) is 20.3 Å². The Morgan fingerprint density at radius 3 is 2.64 bits per heavy atom. The fourth-order valence-corrected chi connectivity index (χ4v) is 0.961. The van der Waals surface area contributed by atoms with Crippen LogP contribution in [-0.4, -0.2) is 48.1 Å². The molecule has 14 heavy (non-hydrogen) atoms. The second-order valence-electron chi connectivity index (χ2n) is 3.56. The molecule has 0 saturated heterocycles. The molecular weight excluding hydrogens is 186 g/mol. The number of aliphatic hydroxyl groups is 2. The highest BCUT2D eigenvalue weighted by molar-refractivity contribution is 5.78. The third-order valence-electron chi connectivity index (χ3n) is 1.98. The maximum Gasteiger partial charge on any atom is 0.338 e. The van der Waals surface area contributed by atoms with E-state index in [0.717, 1.165) is 0 Å². The fraction of sp³-hybridized carbons (Fsp3) is 0.889. The van der Waals surface area contributed by atoms with Crippen molar-refractivity contribution in [1.29, 1.82) is 0 Å². The molecular formula is C9H19NO4. The number of ether oxygens (including phenoxy) is 1. The molecule has 2 atom stereocenters. The van der Waals surface area contributed by atoms with E-state index in [9.17, 15) is 9.90 Å². The van der Waals surface area contributed by atoms with E-state index in [0.29, 0.717) is 6.42 Å². The zero-order valence-electron chi connectivity index (χ0n) is 8.91. The zero-order valence-corrected chi connectivity index (χ0v) is 8.91. The van der Waals surface area contributed by atoms with Gasteiger partial charge in [0, 0.05) is 19.2 Å². The van der Waals surface area contributed by atoms with E-state index in [1.165, 1.54) is 14.0 Å². The first kappa shape index (κ1) is 13.4. The topological polar surface area (TPSA) is 78.8 Å². The summed E-state index contributed by atoms with van der Waals surface area (Å²) >= 11 is 0. The maximum absolute atomic E-state index is 11.0. The van der Waals surface area contributed by atoms with Crippen LogP contribution in [0, 0.1) is 0 Å². The Morgan fingerprint density at radius 2 is 2.21 bits per heavy atom. The molecule has 0 fully saturated rings. The second kappa shape index (κ2) is 5.95. The summed E-state index contributed by atoms with van der Waals surface area (Å²) in [6.07, 6.45) is 0.581. The van der Waals surface area contributed by atoms with Crippen molar-refractivity contribution in [2.75, 3.05) is 20.3 Å². The van der Waals surface area contributed by atoms with Crippen LogP contribution in [0.15, 0.2) is 0 Å². The number of hydrogen-bond acceptors (Lipinski definition) is 5. The third kappa shape index (κ3) is 4.55. The standard InChI is InChI=1S/C9H19NO4/c1-7(4-5-11)10-6-9(2,13)8(12)14-3/h7,10-11,13H,4-6H2,1-3H3. The summed E-state index contributed by atoms with van der Waals surface area (Å²) in [5.74, 6) is -0.666. The molecule has 2 unspecified atom stereocenters. The molecule has 3 N–H and O–H groups in total. The minimum atomic E-state index is -1.52. The van der Waals surface area contributed by atoms with Crippen LogP contribution in [0.1, 0.15) is 20.3 Å². The summed E-state index contributed by atoms with van der Waals surface area (Å²) < 4.78 is 4.43. The largest absolute Gasteiger partial charge is 0.467 e. The van der Waals surface area contributed by atoms with Crippen LogP contribution < -0.4 is 5.32 Å². The van der Waals surface area contributed by atoms with E-state index < -0.39 is 11.6 Å². The quantitative estimate of drug-likeness (QED) is 0.498. The maximum atomic E-state index is 11.0. The van der Waals surface area contributed by atoms with Gasteiger partial charge in [0.2, 0.25) is 0 Å². The van der Waals surface area contributed by atoms with Crippen LogP contribution in [0.4, 0.5) is 0 Å². The first-order valence-corrected chi connectivity index (χ1v) is 4.59. The first-order valence-electron chi connectivity index (χ1n) is 4.59. The highest BCUT2D eigenvalue weighted by Gasteiger charge is 2.31. The van der Waals surface area contributed by atoms with Crippen LogP contribution in [0.2, 0.25) is 0 Å². The lowest BCUT2D eigenvalue weighted by Gasteiger charge is -2.23. The fourth-order valence-electron chi connectivity index (χ4n) is 0.961. The Bertz CT molecular complexity index is 182. The van der Waals surface area contributed by atoms with Gasteiger partial charge in [-0.15, -0.1) is 0 Å². The van der Waals surface area contributed by atoms with Crippen molar-refractivity contribution < 1.29 is 19.7 Å². The molecule has 0 aromatic carbocycles. The highest BCUT2D eigenvalue weighted by atomic mass is 16.5. The molecule has 0 rings (SSSR count). The predicted octanol–water partition coefficient (Wildman–Crippen LogP) is -0.729. The molecule has 0 aliphatic carbocycles. The van der Waals surface area contributed by atoms with Crippen molar-refractivity contribution in [2.24, 2.45) is 0 Å². The molecule has 84 valence electrons. The third-order valence-corrected chi connectivity index (χ3v) is 1.98. The molecule has 0 aliphatic rings. The van der Waals surface area contributed by atoms with E-state index in [1.54, 1.807) is 0 Å². The number of methoxy groups -OCH3 is 1. The number of esters is 1. The van der Waals surface area contributed by atoms with Crippen LogP contribution in [0.5, 0.6) is 0 Å². The number of carbonyl (C=O) groups is 1. The SMILES string of the molecule is COC(=O)C(C)(O)CNC(C)CCO. The van der Waals surface area contributed by atoms with Gasteiger partial charge in [-0.2, -0.15) is 0 Å². The normalized spacial score (nSPS) is 17.2. The lowest BCUT2D eigenvalue weighted by Crippen LogP contribution is -2.48. The molecule has 0 saturated carbocycles. The van der Waals surface area contributed by atoms with Crippen molar-refractivity contribution in [2.45, 2.75) is 31.9 Å². The van der Waals surface area contributed by atoms with Gasteiger partial charge in [-0.1, -0.05) is 0 Å². The van der Waals surface area contributed by atoms with Crippen molar-refractivity contribution in [1.82, 2.24) is 5.32 Å². The average molecular weight is 205 g/mol. The van der Waals surface area contributed by atoms with E-state index in [4.69, 9.17) is 5.11 Å². The van der Waals surface area contributed by atoms with Gasteiger partial charge < -0.3 is 20.3 Å². The lowest BCUT2D eigenvalue weighted by atomic mass is 10.1. The summed E-state index contributed by atoms with van der Waals surface area (Å²) in [5.41, 5.74) is -1.52. The molecule has 0 bridgehead atoms. The molecule has 0 radical (unpaired) electrons. The number of carbonyl (C=O) groups excluding carboxylic acids is 1. The van der Waals surface area contributed by atoms with Crippen LogP contribution in [-0.2, 0) is 9.53 Å². The minimum Gasteiger partial charge on any atom is -0.467 e. The number of nitrogens with one attached hydrogen (secondary N) is 1. The van der Waals surface area contributed by atoms with Gasteiger partial charge >= 0.3 is 5.97 Å². The minimum absolute atomic E-state index is 0.0520. The van der Waals surface area contributed by atoms with Crippen LogP contribution >= 0.6 is 0 Å². The number of aliphatic hydroxyl groups excluding tert-OH is 1. The molecule has 0 aliphatic heterocycles. The number of hydrogen-bond donors (Lipinski definition) is 3. The Morgan fingerprint density at radius 1 is 1.64 bits per heavy atom. The van der Waals surface area contributed by atoms with Gasteiger partial charge in [-0.25, -0.2) is 4.79 Å². The average Bonchev–Trinajstić information content (AvgIpc) is 2.14. The summed E-state index contributed by atoms with van der Waals surface area (Å²) in [6.45, 7) is 3.44. The van der Waals surface area contributed by atoms with E-state index >= 15 is 0 Å². The van der Waals surface area contributed by atoms with Crippen molar-refractivity contribution in [3.8, 4) is 0 Å². The Balaban J connectivity index is 3.92. The Kier molecular flexibility index (Phi) is 5.68. The van der Waals surface area contributed by atoms with Gasteiger partial charge in [0.15, 0.2) is 5.60 Å². The van der Waals surface area contributed by atoms with Crippen molar-refractivity contribution in [3.63, 3.8) is 0 Å². The molecule has 5 nitrogen and oxygen atoms in total. The Labute approximate surface area is 84.1 Å². The predicted molar refractivity (Wildman–Crippen MR) is 51.8 cm³/mol. The number of rotatable bonds is 6. The van der Waals surface area contributed by atoms with E-state index in [2.05, 4.69) is 10.1 Å². The Hall–Kier alpha value is -0.650. The van der Waals surface area contributed by atoms with Gasteiger partial charge in [0.25, 0.3) is 0 Å². The van der Waals surface area contributed by atoms with Gasteiger partial charge in [0.1, 0.15) is 0 Å². The molecule has 0 heterocycles. The summed E-state index contributed by atoms with van der Waals surface area (Å²) in [7, 11) is 1.23. The van der Waals surface area contributed by atoms with Crippen LogP contribution in [0.25, 0.3) is 0 Å².